The van der Waals surface area contributed by atoms with Crippen LogP contribution >= 0.6 is 0 Å². The number of fused-ring (bicyclic) bond motifs is 1. The average Bonchev–Trinajstić information content (AvgIpc) is 3.12. The molecule has 6 nitrogen and oxygen atoms in total. The van der Waals surface area contributed by atoms with E-state index in [0.717, 1.165) is 22.6 Å². The molecule has 0 unspecified atom stereocenters. The maximum atomic E-state index is 12.7. The lowest BCUT2D eigenvalue weighted by Crippen LogP contribution is -2.27. The number of rotatable bonds is 4. The SMILES string of the molecule is Nc1nccn2c(C3CC(O)C3)nc(-c3ccc(C(=O)c4ccccc4)cc3)c12. The summed E-state index contributed by atoms with van der Waals surface area (Å²) in [5.41, 5.74) is 9.82. The van der Waals surface area contributed by atoms with E-state index in [1.807, 2.05) is 65.2 Å². The van der Waals surface area contributed by atoms with Crippen molar-refractivity contribution < 1.29 is 9.90 Å². The maximum absolute atomic E-state index is 12.7. The molecule has 4 aromatic rings. The van der Waals surface area contributed by atoms with Crippen molar-refractivity contribution in [2.45, 2.75) is 24.9 Å². The summed E-state index contributed by atoms with van der Waals surface area (Å²) in [6, 6.07) is 16.6. The first-order valence-electron chi connectivity index (χ1n) is 9.62. The summed E-state index contributed by atoms with van der Waals surface area (Å²) in [4.78, 5) is 21.7. The molecule has 0 aliphatic heterocycles. The molecule has 0 radical (unpaired) electrons. The Labute approximate surface area is 167 Å². The molecule has 6 heteroatoms. The molecule has 2 heterocycles. The zero-order valence-corrected chi connectivity index (χ0v) is 15.7. The average molecular weight is 384 g/mol. The summed E-state index contributed by atoms with van der Waals surface area (Å²) in [7, 11) is 0. The molecule has 0 spiro atoms. The lowest BCUT2D eigenvalue weighted by atomic mass is 9.82. The van der Waals surface area contributed by atoms with Crippen LogP contribution in [0.2, 0.25) is 0 Å². The molecule has 0 atom stereocenters. The second-order valence-corrected chi connectivity index (χ2v) is 7.44. The third-order valence-corrected chi connectivity index (χ3v) is 5.55. The number of aliphatic hydroxyl groups excluding tert-OH is 1. The highest BCUT2D eigenvalue weighted by atomic mass is 16.3. The van der Waals surface area contributed by atoms with Crippen molar-refractivity contribution in [1.82, 2.24) is 14.4 Å². The molecule has 3 N–H and O–H groups in total. The van der Waals surface area contributed by atoms with Gasteiger partial charge in [0.05, 0.1) is 6.10 Å². The van der Waals surface area contributed by atoms with E-state index in [2.05, 4.69) is 4.98 Å². The number of carbonyl (C=O) groups excluding carboxylic acids is 1. The third-order valence-electron chi connectivity index (χ3n) is 5.55. The van der Waals surface area contributed by atoms with Crippen molar-refractivity contribution in [2.75, 3.05) is 5.73 Å². The number of nitrogens with two attached hydrogens (primary N) is 1. The van der Waals surface area contributed by atoms with Gasteiger partial charge in [0.25, 0.3) is 0 Å². The number of carbonyl (C=O) groups is 1. The predicted octanol–water partition coefficient (Wildman–Crippen LogP) is 3.45. The highest BCUT2D eigenvalue weighted by Crippen LogP contribution is 2.39. The standard InChI is InChI=1S/C23H20N4O2/c24-22-20-19(26-23(17-12-18(28)13-17)27(20)11-10-25-22)14-6-8-16(9-7-14)21(29)15-4-2-1-3-5-15/h1-11,17-18,28H,12-13H2,(H2,24,25). The molecule has 1 saturated carbocycles. The molecule has 5 rings (SSSR count). The number of hydrogen-bond acceptors (Lipinski definition) is 5. The Balaban J connectivity index is 1.55. The Bertz CT molecular complexity index is 1190. The Hall–Kier alpha value is -3.51. The van der Waals surface area contributed by atoms with Gasteiger partial charge in [-0.2, -0.15) is 0 Å². The fraction of sp³-hybridized carbons (Fsp3) is 0.174. The molecule has 2 aromatic heterocycles. The Morgan fingerprint density at radius 2 is 1.72 bits per heavy atom. The fourth-order valence-corrected chi connectivity index (χ4v) is 3.91. The summed E-state index contributed by atoms with van der Waals surface area (Å²) >= 11 is 0. The first-order valence-corrected chi connectivity index (χ1v) is 9.62. The van der Waals surface area contributed by atoms with Gasteiger partial charge < -0.3 is 10.8 Å². The number of aromatic nitrogens is 3. The smallest absolute Gasteiger partial charge is 0.193 e. The Kier molecular flexibility index (Phi) is 4.14. The van der Waals surface area contributed by atoms with Gasteiger partial charge in [-0.15, -0.1) is 0 Å². The van der Waals surface area contributed by atoms with Crippen LogP contribution in [-0.4, -0.2) is 31.4 Å². The second-order valence-electron chi connectivity index (χ2n) is 7.44. The number of ketones is 1. The van der Waals surface area contributed by atoms with Crippen molar-refractivity contribution in [1.29, 1.82) is 0 Å². The van der Waals surface area contributed by atoms with E-state index in [0.29, 0.717) is 29.8 Å². The van der Waals surface area contributed by atoms with E-state index >= 15 is 0 Å². The van der Waals surface area contributed by atoms with Crippen LogP contribution in [-0.2, 0) is 0 Å². The van der Waals surface area contributed by atoms with Gasteiger partial charge >= 0.3 is 0 Å². The number of nitrogen functional groups attached to an aromatic ring is 1. The number of nitrogens with zero attached hydrogens (tertiary/aromatic N) is 3. The van der Waals surface area contributed by atoms with Gasteiger partial charge in [0.1, 0.15) is 22.9 Å². The first-order chi connectivity index (χ1) is 14.1. The molecule has 0 bridgehead atoms. The number of anilines is 1. The van der Waals surface area contributed by atoms with Crippen LogP contribution in [0.1, 0.15) is 40.5 Å². The van der Waals surface area contributed by atoms with Gasteiger partial charge in [0.15, 0.2) is 5.78 Å². The number of aliphatic hydroxyl groups is 1. The third kappa shape index (κ3) is 2.98. The van der Waals surface area contributed by atoms with Crippen molar-refractivity contribution in [3.05, 3.63) is 83.9 Å². The molecule has 0 saturated heterocycles. The van der Waals surface area contributed by atoms with Crippen LogP contribution in [0, 0.1) is 0 Å². The second kappa shape index (κ2) is 6.83. The minimum absolute atomic E-state index is 0.0165. The van der Waals surface area contributed by atoms with Gasteiger partial charge in [0, 0.05) is 35.0 Å². The van der Waals surface area contributed by atoms with Gasteiger partial charge in [-0.05, 0) is 12.8 Å². The summed E-state index contributed by atoms with van der Waals surface area (Å²) in [5.74, 6) is 1.48. The lowest BCUT2D eigenvalue weighted by Gasteiger charge is -2.30. The number of hydrogen-bond donors (Lipinski definition) is 2. The lowest BCUT2D eigenvalue weighted by molar-refractivity contribution is 0.0715. The van der Waals surface area contributed by atoms with Crippen molar-refractivity contribution >= 4 is 17.1 Å². The molecule has 1 aliphatic carbocycles. The summed E-state index contributed by atoms with van der Waals surface area (Å²) in [6.45, 7) is 0. The van der Waals surface area contributed by atoms with E-state index in [1.165, 1.54) is 0 Å². The topological polar surface area (TPSA) is 93.5 Å². The largest absolute Gasteiger partial charge is 0.393 e. The van der Waals surface area contributed by atoms with E-state index in [9.17, 15) is 9.90 Å². The molecule has 0 amide bonds. The zero-order valence-electron chi connectivity index (χ0n) is 15.7. The normalized spacial score (nSPS) is 18.5. The van der Waals surface area contributed by atoms with Crippen LogP contribution in [0.4, 0.5) is 5.82 Å². The molecule has 2 aromatic carbocycles. The van der Waals surface area contributed by atoms with Gasteiger partial charge in [-0.1, -0.05) is 54.6 Å². The summed E-state index contributed by atoms with van der Waals surface area (Å²) < 4.78 is 1.97. The van der Waals surface area contributed by atoms with Gasteiger partial charge in [0.2, 0.25) is 0 Å². The number of imidazole rings is 1. The van der Waals surface area contributed by atoms with Crippen LogP contribution in [0.5, 0.6) is 0 Å². The van der Waals surface area contributed by atoms with Crippen LogP contribution in [0.3, 0.4) is 0 Å². The monoisotopic (exact) mass is 384 g/mol. The minimum Gasteiger partial charge on any atom is -0.393 e. The molecule has 1 fully saturated rings. The molecular formula is C23H20N4O2. The van der Waals surface area contributed by atoms with Gasteiger partial charge in [-0.3, -0.25) is 9.20 Å². The maximum Gasteiger partial charge on any atom is 0.193 e. The zero-order chi connectivity index (χ0) is 20.0. The quantitative estimate of drug-likeness (QED) is 0.526. The Morgan fingerprint density at radius 1 is 1.03 bits per heavy atom. The predicted molar refractivity (Wildman–Crippen MR) is 111 cm³/mol. The van der Waals surface area contributed by atoms with Crippen molar-refractivity contribution in [3.8, 4) is 11.3 Å². The van der Waals surface area contributed by atoms with Crippen molar-refractivity contribution in [2.24, 2.45) is 0 Å². The molecule has 1 aliphatic rings. The molecule has 29 heavy (non-hydrogen) atoms. The van der Waals surface area contributed by atoms with Crippen LogP contribution in [0.15, 0.2) is 67.0 Å². The molecular weight excluding hydrogens is 364 g/mol. The van der Waals surface area contributed by atoms with E-state index in [1.54, 1.807) is 6.20 Å². The van der Waals surface area contributed by atoms with Crippen molar-refractivity contribution in [3.63, 3.8) is 0 Å². The summed E-state index contributed by atoms with van der Waals surface area (Å²) in [6.07, 6.45) is 4.65. The highest BCUT2D eigenvalue weighted by Gasteiger charge is 2.33. The molecule has 144 valence electrons. The van der Waals surface area contributed by atoms with E-state index in [-0.39, 0.29) is 17.8 Å². The van der Waals surface area contributed by atoms with Gasteiger partial charge in [-0.25, -0.2) is 9.97 Å². The number of benzene rings is 2. The minimum atomic E-state index is -0.265. The highest BCUT2D eigenvalue weighted by molar-refractivity contribution is 6.09. The Morgan fingerprint density at radius 3 is 2.41 bits per heavy atom. The summed E-state index contributed by atoms with van der Waals surface area (Å²) in [5, 5.41) is 9.70. The van der Waals surface area contributed by atoms with E-state index < -0.39 is 0 Å². The van der Waals surface area contributed by atoms with Crippen LogP contribution < -0.4 is 5.73 Å². The first kappa shape index (κ1) is 17.6. The van der Waals surface area contributed by atoms with E-state index in [4.69, 9.17) is 10.7 Å². The fourth-order valence-electron chi connectivity index (χ4n) is 3.91. The van der Waals surface area contributed by atoms with Crippen LogP contribution in [0.25, 0.3) is 16.8 Å².